The van der Waals surface area contributed by atoms with Gasteiger partial charge in [0.25, 0.3) is 0 Å². The zero-order chi connectivity index (χ0) is 18.7. The molecule has 0 aliphatic carbocycles. The van der Waals surface area contributed by atoms with Gasteiger partial charge in [-0.25, -0.2) is 0 Å². The Bertz CT molecular complexity index is 525. The van der Waals surface area contributed by atoms with Crippen LogP contribution in [-0.4, -0.2) is 49.7 Å². The fourth-order valence-corrected chi connectivity index (χ4v) is 2.43. The first kappa shape index (κ1) is 21.2. The Balaban J connectivity index is 2.50. The van der Waals surface area contributed by atoms with Gasteiger partial charge in [0.15, 0.2) is 0 Å². The predicted octanol–water partition coefficient (Wildman–Crippen LogP) is 3.13. The second-order valence-electron chi connectivity index (χ2n) is 6.47. The summed E-state index contributed by atoms with van der Waals surface area (Å²) in [6.07, 6.45) is 2.31. The molecule has 0 spiro atoms. The van der Waals surface area contributed by atoms with E-state index in [1.807, 2.05) is 20.8 Å². The van der Waals surface area contributed by atoms with Crippen molar-refractivity contribution in [2.45, 2.75) is 52.6 Å². The Hall–Kier alpha value is -1.88. The van der Waals surface area contributed by atoms with Gasteiger partial charge in [0.05, 0.1) is 19.6 Å². The van der Waals surface area contributed by atoms with Crippen molar-refractivity contribution in [2.75, 3.05) is 26.8 Å². The highest BCUT2D eigenvalue weighted by Crippen LogP contribution is 2.08. The molecule has 0 aliphatic rings. The van der Waals surface area contributed by atoms with Crippen molar-refractivity contribution in [3.63, 3.8) is 0 Å². The zero-order valence-electron chi connectivity index (χ0n) is 15.9. The van der Waals surface area contributed by atoms with Gasteiger partial charge in [0.1, 0.15) is 0 Å². The van der Waals surface area contributed by atoms with Crippen LogP contribution in [0.4, 0.5) is 0 Å². The van der Waals surface area contributed by atoms with Crippen LogP contribution in [0.15, 0.2) is 24.3 Å². The molecular weight excluding hydrogens is 318 g/mol. The van der Waals surface area contributed by atoms with E-state index in [0.717, 1.165) is 12.0 Å². The largest absolute Gasteiger partial charge is 0.469 e. The fraction of sp³-hybridized carbons (Fsp3) is 0.600. The number of carbonyl (C=O) groups is 2. The topological polar surface area (TPSA) is 55.8 Å². The molecule has 1 aromatic carbocycles. The van der Waals surface area contributed by atoms with Crippen molar-refractivity contribution < 1.29 is 19.1 Å². The Morgan fingerprint density at radius 3 is 2.36 bits per heavy atom. The predicted molar refractivity (Wildman–Crippen MR) is 98.4 cm³/mol. The van der Waals surface area contributed by atoms with Gasteiger partial charge in [0, 0.05) is 26.1 Å². The zero-order valence-corrected chi connectivity index (χ0v) is 15.9. The normalized spacial score (nSPS) is 10.8. The van der Waals surface area contributed by atoms with Crippen LogP contribution in [0, 0.1) is 6.92 Å². The van der Waals surface area contributed by atoms with Crippen molar-refractivity contribution >= 4 is 11.9 Å². The third-order valence-electron chi connectivity index (χ3n) is 3.94. The van der Waals surface area contributed by atoms with Gasteiger partial charge in [0.2, 0.25) is 5.91 Å². The highest BCUT2D eigenvalue weighted by molar-refractivity contribution is 5.77. The van der Waals surface area contributed by atoms with Gasteiger partial charge in [-0.3, -0.25) is 9.59 Å². The third-order valence-corrected chi connectivity index (χ3v) is 3.94. The standard InChI is InChI=1S/C20H31NO4/c1-16(2)25-15-5-13-21(14-12-20(23)24-4)19(22)11-10-18-8-6-17(3)7-9-18/h6-9,16H,5,10-15H2,1-4H3. The Kier molecular flexibility index (Phi) is 9.85. The molecule has 0 saturated carbocycles. The molecule has 1 aromatic rings. The lowest BCUT2D eigenvalue weighted by Gasteiger charge is -2.22. The van der Waals surface area contributed by atoms with Crippen LogP contribution in [0.3, 0.4) is 0 Å². The van der Waals surface area contributed by atoms with E-state index in [9.17, 15) is 9.59 Å². The van der Waals surface area contributed by atoms with Crippen molar-refractivity contribution in [1.29, 1.82) is 0 Å². The van der Waals surface area contributed by atoms with Gasteiger partial charge in [-0.1, -0.05) is 29.8 Å². The van der Waals surface area contributed by atoms with Gasteiger partial charge in [-0.2, -0.15) is 0 Å². The lowest BCUT2D eigenvalue weighted by atomic mass is 10.1. The van der Waals surface area contributed by atoms with E-state index >= 15 is 0 Å². The number of hydrogen-bond donors (Lipinski definition) is 0. The van der Waals surface area contributed by atoms with Crippen LogP contribution in [0.25, 0.3) is 0 Å². The molecule has 0 bridgehead atoms. The average molecular weight is 349 g/mol. The summed E-state index contributed by atoms with van der Waals surface area (Å²) in [7, 11) is 1.36. The minimum atomic E-state index is -0.297. The maximum atomic E-state index is 12.5. The van der Waals surface area contributed by atoms with Crippen LogP contribution in [0.5, 0.6) is 0 Å². The van der Waals surface area contributed by atoms with E-state index in [2.05, 4.69) is 29.0 Å². The van der Waals surface area contributed by atoms with Gasteiger partial charge in [-0.05, 0) is 39.2 Å². The minimum Gasteiger partial charge on any atom is -0.469 e. The highest BCUT2D eigenvalue weighted by atomic mass is 16.5. The van der Waals surface area contributed by atoms with Crippen molar-refractivity contribution in [3.05, 3.63) is 35.4 Å². The fourth-order valence-electron chi connectivity index (χ4n) is 2.43. The van der Waals surface area contributed by atoms with Crippen molar-refractivity contribution in [1.82, 2.24) is 4.90 Å². The molecule has 0 atom stereocenters. The number of benzene rings is 1. The van der Waals surface area contributed by atoms with Crippen LogP contribution in [-0.2, 0) is 25.5 Å². The summed E-state index contributed by atoms with van der Waals surface area (Å²) in [6, 6.07) is 8.21. The minimum absolute atomic E-state index is 0.0639. The van der Waals surface area contributed by atoms with E-state index in [1.165, 1.54) is 12.7 Å². The third kappa shape index (κ3) is 9.25. The first-order chi connectivity index (χ1) is 11.9. The molecule has 5 nitrogen and oxygen atoms in total. The number of carbonyl (C=O) groups excluding carboxylic acids is 2. The van der Waals surface area contributed by atoms with Crippen LogP contribution < -0.4 is 0 Å². The molecule has 0 fully saturated rings. The van der Waals surface area contributed by atoms with Gasteiger partial charge >= 0.3 is 5.97 Å². The Morgan fingerprint density at radius 2 is 1.76 bits per heavy atom. The summed E-state index contributed by atoms with van der Waals surface area (Å²) in [5.74, 6) is -0.233. The van der Waals surface area contributed by atoms with E-state index in [0.29, 0.717) is 32.5 Å². The molecule has 25 heavy (non-hydrogen) atoms. The summed E-state index contributed by atoms with van der Waals surface area (Å²) >= 11 is 0. The Morgan fingerprint density at radius 1 is 1.08 bits per heavy atom. The first-order valence-electron chi connectivity index (χ1n) is 8.94. The highest BCUT2D eigenvalue weighted by Gasteiger charge is 2.15. The molecule has 0 aliphatic heterocycles. The number of rotatable bonds is 11. The summed E-state index contributed by atoms with van der Waals surface area (Å²) in [4.78, 5) is 25.7. The molecule has 1 rings (SSSR count). The number of amides is 1. The summed E-state index contributed by atoms with van der Waals surface area (Å²) in [5, 5.41) is 0. The summed E-state index contributed by atoms with van der Waals surface area (Å²) in [5.41, 5.74) is 2.36. The van der Waals surface area contributed by atoms with Gasteiger partial charge in [-0.15, -0.1) is 0 Å². The van der Waals surface area contributed by atoms with Crippen molar-refractivity contribution in [3.8, 4) is 0 Å². The number of aryl methyl sites for hydroxylation is 2. The second-order valence-corrected chi connectivity index (χ2v) is 6.47. The molecule has 0 radical (unpaired) electrons. The van der Waals surface area contributed by atoms with Crippen LogP contribution in [0.1, 0.15) is 44.2 Å². The monoisotopic (exact) mass is 349 g/mol. The maximum absolute atomic E-state index is 12.5. The van der Waals surface area contributed by atoms with E-state index in [4.69, 9.17) is 4.74 Å². The van der Waals surface area contributed by atoms with Gasteiger partial charge < -0.3 is 14.4 Å². The number of methoxy groups -OCH3 is 1. The van der Waals surface area contributed by atoms with Crippen LogP contribution >= 0.6 is 0 Å². The molecule has 0 saturated heterocycles. The molecule has 5 heteroatoms. The summed E-state index contributed by atoms with van der Waals surface area (Å²) in [6.45, 7) is 7.61. The quantitative estimate of drug-likeness (QED) is 0.455. The van der Waals surface area contributed by atoms with E-state index in [-0.39, 0.29) is 24.4 Å². The lowest BCUT2D eigenvalue weighted by molar-refractivity contribution is -0.141. The second kappa shape index (κ2) is 11.6. The van der Waals surface area contributed by atoms with Crippen LogP contribution in [0.2, 0.25) is 0 Å². The molecule has 0 N–H and O–H groups in total. The molecule has 1 amide bonds. The Labute approximate surface area is 151 Å². The molecule has 0 heterocycles. The maximum Gasteiger partial charge on any atom is 0.307 e. The lowest BCUT2D eigenvalue weighted by Crippen LogP contribution is -2.34. The molecular formula is C20H31NO4. The van der Waals surface area contributed by atoms with E-state index < -0.39 is 0 Å². The average Bonchev–Trinajstić information content (AvgIpc) is 2.59. The van der Waals surface area contributed by atoms with E-state index in [1.54, 1.807) is 4.90 Å². The van der Waals surface area contributed by atoms with Crippen molar-refractivity contribution in [2.24, 2.45) is 0 Å². The smallest absolute Gasteiger partial charge is 0.307 e. The number of esters is 1. The SMILES string of the molecule is COC(=O)CCN(CCCOC(C)C)C(=O)CCc1ccc(C)cc1. The number of hydrogen-bond acceptors (Lipinski definition) is 4. The molecule has 0 unspecified atom stereocenters. The number of ether oxygens (including phenoxy) is 2. The molecule has 140 valence electrons. The number of nitrogens with zero attached hydrogens (tertiary/aromatic N) is 1. The summed E-state index contributed by atoms with van der Waals surface area (Å²) < 4.78 is 10.2. The molecule has 0 aromatic heterocycles. The first-order valence-corrected chi connectivity index (χ1v) is 8.94.